The van der Waals surface area contributed by atoms with Crippen LogP contribution in [0.15, 0.2) is 48.5 Å². The van der Waals surface area contributed by atoms with Gasteiger partial charge in [0.2, 0.25) is 0 Å². The monoisotopic (exact) mass is 311 g/mol. The van der Waals surface area contributed by atoms with Crippen LogP contribution in [0, 0.1) is 0 Å². The summed E-state index contributed by atoms with van der Waals surface area (Å²) in [5.74, 6) is 0.578. The highest BCUT2D eigenvalue weighted by atomic mass is 16.5. The van der Waals surface area contributed by atoms with Crippen LogP contribution >= 0.6 is 0 Å². The number of fused-ring (bicyclic) bond motifs is 1. The van der Waals surface area contributed by atoms with E-state index in [1.165, 1.54) is 0 Å². The van der Waals surface area contributed by atoms with Gasteiger partial charge >= 0.3 is 6.03 Å². The molecule has 2 aromatic carbocycles. The third-order valence-electron chi connectivity index (χ3n) is 3.59. The van der Waals surface area contributed by atoms with Crippen LogP contribution in [0.5, 0.6) is 5.75 Å². The Morgan fingerprint density at radius 2 is 2.00 bits per heavy atom. The fourth-order valence-corrected chi connectivity index (χ4v) is 2.31. The Morgan fingerprint density at radius 1 is 1.22 bits per heavy atom. The zero-order chi connectivity index (χ0) is 16.2. The van der Waals surface area contributed by atoms with Crippen LogP contribution in [0.3, 0.4) is 0 Å². The Balaban J connectivity index is 1.63. The molecule has 0 aromatic heterocycles. The van der Waals surface area contributed by atoms with Crippen molar-refractivity contribution >= 4 is 23.3 Å². The molecule has 3 rings (SSSR count). The number of ether oxygens (including phenoxy) is 1. The highest BCUT2D eigenvalue weighted by molar-refractivity contribution is 5.97. The number of likely N-dealkylation sites (N-methyl/N-ethyl adjacent to an activating group) is 1. The molecule has 2 aromatic rings. The van der Waals surface area contributed by atoms with Crippen molar-refractivity contribution in [2.24, 2.45) is 0 Å². The van der Waals surface area contributed by atoms with Gasteiger partial charge in [-0.15, -0.1) is 0 Å². The summed E-state index contributed by atoms with van der Waals surface area (Å²) in [6, 6.07) is 14.5. The summed E-state index contributed by atoms with van der Waals surface area (Å²) in [5, 5.41) is 5.54. The fraction of sp³-hybridized carbons (Fsp3) is 0.176. The van der Waals surface area contributed by atoms with Crippen molar-refractivity contribution in [2.75, 3.05) is 23.9 Å². The normalized spacial score (nSPS) is 13.1. The van der Waals surface area contributed by atoms with E-state index in [9.17, 15) is 9.59 Å². The van der Waals surface area contributed by atoms with Crippen molar-refractivity contribution in [3.8, 4) is 5.75 Å². The van der Waals surface area contributed by atoms with Gasteiger partial charge in [-0.2, -0.15) is 0 Å². The molecule has 3 amide bonds. The van der Waals surface area contributed by atoms with Crippen LogP contribution in [-0.4, -0.2) is 25.6 Å². The summed E-state index contributed by atoms with van der Waals surface area (Å²) < 4.78 is 5.37. The summed E-state index contributed by atoms with van der Waals surface area (Å²) in [6.45, 7) is 0.411. The molecule has 0 unspecified atom stereocenters. The predicted octanol–water partition coefficient (Wildman–Crippen LogP) is 2.36. The Morgan fingerprint density at radius 3 is 2.78 bits per heavy atom. The molecule has 1 heterocycles. The van der Waals surface area contributed by atoms with Crippen LogP contribution in [0.25, 0.3) is 0 Å². The number of urea groups is 1. The molecule has 0 fully saturated rings. The molecule has 1 aliphatic heterocycles. The molecule has 2 N–H and O–H groups in total. The van der Waals surface area contributed by atoms with Crippen molar-refractivity contribution in [2.45, 2.75) is 6.54 Å². The first-order chi connectivity index (χ1) is 11.1. The number of nitrogens with zero attached hydrogens (tertiary/aromatic N) is 1. The average Bonchev–Trinajstić information content (AvgIpc) is 2.57. The number of benzene rings is 2. The van der Waals surface area contributed by atoms with Gasteiger partial charge in [0.1, 0.15) is 5.75 Å². The second-order valence-corrected chi connectivity index (χ2v) is 5.22. The van der Waals surface area contributed by atoms with E-state index >= 15 is 0 Å². The summed E-state index contributed by atoms with van der Waals surface area (Å²) in [5.41, 5.74) is 2.33. The highest BCUT2D eigenvalue weighted by Gasteiger charge is 2.22. The summed E-state index contributed by atoms with van der Waals surface area (Å²) in [6.07, 6.45) is 0. The molecule has 6 heteroatoms. The summed E-state index contributed by atoms with van der Waals surface area (Å²) in [4.78, 5) is 25.1. The van der Waals surface area contributed by atoms with Crippen molar-refractivity contribution in [3.63, 3.8) is 0 Å². The van der Waals surface area contributed by atoms with E-state index in [1.807, 2.05) is 48.5 Å². The first-order valence-corrected chi connectivity index (χ1v) is 7.25. The number of hydrogen-bond donors (Lipinski definition) is 2. The van der Waals surface area contributed by atoms with Gasteiger partial charge in [-0.1, -0.05) is 24.3 Å². The molecular formula is C17H17N3O3. The van der Waals surface area contributed by atoms with Crippen LogP contribution in [-0.2, 0) is 11.3 Å². The largest absolute Gasteiger partial charge is 0.482 e. The first kappa shape index (κ1) is 14.9. The zero-order valence-electron chi connectivity index (χ0n) is 12.7. The molecule has 0 spiro atoms. The molecule has 0 saturated carbocycles. The van der Waals surface area contributed by atoms with E-state index in [4.69, 9.17) is 4.74 Å². The minimum Gasteiger partial charge on any atom is -0.482 e. The average molecular weight is 311 g/mol. The second kappa shape index (κ2) is 6.39. The van der Waals surface area contributed by atoms with Gasteiger partial charge in [0, 0.05) is 19.3 Å². The topological polar surface area (TPSA) is 70.7 Å². The van der Waals surface area contributed by atoms with Gasteiger partial charge < -0.3 is 20.3 Å². The molecule has 118 valence electrons. The number of carbonyl (C=O) groups is 2. The molecule has 1 aliphatic rings. The van der Waals surface area contributed by atoms with Crippen LogP contribution in [0.4, 0.5) is 16.2 Å². The molecule has 0 atom stereocenters. The minimum absolute atomic E-state index is 0.0561. The Hall–Kier alpha value is -3.02. The number of nitrogens with one attached hydrogen (secondary N) is 2. The maximum Gasteiger partial charge on any atom is 0.319 e. The third kappa shape index (κ3) is 3.42. The SMILES string of the molecule is CN1C(=O)COc2ccc(CNC(=O)Nc3ccccc3)cc21. The predicted molar refractivity (Wildman–Crippen MR) is 87.6 cm³/mol. The van der Waals surface area contributed by atoms with Crippen LogP contribution in [0.2, 0.25) is 0 Å². The van der Waals surface area contributed by atoms with Crippen LogP contribution in [0.1, 0.15) is 5.56 Å². The van der Waals surface area contributed by atoms with E-state index in [0.29, 0.717) is 18.0 Å². The molecule has 0 bridgehead atoms. The summed E-state index contributed by atoms with van der Waals surface area (Å²) >= 11 is 0. The van der Waals surface area contributed by atoms with Crippen molar-refractivity contribution in [3.05, 3.63) is 54.1 Å². The van der Waals surface area contributed by atoms with Gasteiger partial charge in [0.05, 0.1) is 5.69 Å². The minimum atomic E-state index is -0.283. The van der Waals surface area contributed by atoms with E-state index in [1.54, 1.807) is 11.9 Å². The van der Waals surface area contributed by atoms with Gasteiger partial charge in [0.15, 0.2) is 6.61 Å². The van der Waals surface area contributed by atoms with Gasteiger partial charge in [-0.05, 0) is 29.8 Å². The Bertz CT molecular complexity index is 731. The standard InChI is InChI=1S/C17H17N3O3/c1-20-14-9-12(7-8-15(14)23-11-16(20)21)10-18-17(22)19-13-5-3-2-4-6-13/h2-9H,10-11H2,1H3,(H2,18,19,22). The molecule has 0 aliphatic carbocycles. The molecule has 6 nitrogen and oxygen atoms in total. The van der Waals surface area contributed by atoms with Gasteiger partial charge in [-0.3, -0.25) is 4.79 Å². The Labute approximate surface area is 134 Å². The van der Waals surface area contributed by atoms with E-state index < -0.39 is 0 Å². The lowest BCUT2D eigenvalue weighted by atomic mass is 10.1. The first-order valence-electron chi connectivity index (χ1n) is 7.25. The van der Waals surface area contributed by atoms with Crippen molar-refractivity contribution < 1.29 is 14.3 Å². The lowest BCUT2D eigenvalue weighted by Crippen LogP contribution is -2.35. The van der Waals surface area contributed by atoms with E-state index in [2.05, 4.69) is 10.6 Å². The lowest BCUT2D eigenvalue weighted by molar-refractivity contribution is -0.120. The van der Waals surface area contributed by atoms with E-state index in [-0.39, 0.29) is 18.5 Å². The Kier molecular flexibility index (Phi) is 4.14. The highest BCUT2D eigenvalue weighted by Crippen LogP contribution is 2.31. The number of carbonyl (C=O) groups excluding carboxylic acids is 2. The third-order valence-corrected chi connectivity index (χ3v) is 3.59. The number of para-hydroxylation sites is 1. The molecular weight excluding hydrogens is 294 g/mol. The quantitative estimate of drug-likeness (QED) is 0.914. The fourth-order valence-electron chi connectivity index (χ4n) is 2.31. The number of amides is 3. The lowest BCUT2D eigenvalue weighted by Gasteiger charge is -2.26. The molecule has 0 radical (unpaired) electrons. The van der Waals surface area contributed by atoms with Crippen LogP contribution < -0.4 is 20.3 Å². The van der Waals surface area contributed by atoms with Crippen molar-refractivity contribution in [1.29, 1.82) is 0 Å². The van der Waals surface area contributed by atoms with E-state index in [0.717, 1.165) is 11.3 Å². The number of rotatable bonds is 3. The summed E-state index contributed by atoms with van der Waals surface area (Å²) in [7, 11) is 1.71. The van der Waals surface area contributed by atoms with Gasteiger partial charge in [-0.25, -0.2) is 4.79 Å². The smallest absolute Gasteiger partial charge is 0.319 e. The number of anilines is 2. The van der Waals surface area contributed by atoms with Gasteiger partial charge in [0.25, 0.3) is 5.91 Å². The second-order valence-electron chi connectivity index (χ2n) is 5.22. The maximum absolute atomic E-state index is 11.9. The molecule has 23 heavy (non-hydrogen) atoms. The maximum atomic E-state index is 11.9. The molecule has 0 saturated heterocycles. The number of hydrogen-bond acceptors (Lipinski definition) is 3. The zero-order valence-corrected chi connectivity index (χ0v) is 12.7. The van der Waals surface area contributed by atoms with Crippen molar-refractivity contribution in [1.82, 2.24) is 5.32 Å².